The van der Waals surface area contributed by atoms with Crippen molar-refractivity contribution < 1.29 is 23.4 Å². The van der Waals surface area contributed by atoms with Crippen LogP contribution in [0.1, 0.15) is 15.2 Å². The Kier molecular flexibility index (Phi) is 2.97. The molecule has 0 aliphatic heterocycles. The van der Waals surface area contributed by atoms with Gasteiger partial charge in [0.05, 0.1) is 11.8 Å². The van der Waals surface area contributed by atoms with Crippen LogP contribution in [-0.4, -0.2) is 13.1 Å². The summed E-state index contributed by atoms with van der Waals surface area (Å²) in [5.41, 5.74) is 0.448. The van der Waals surface area contributed by atoms with Gasteiger partial charge >= 0.3 is 5.97 Å². The number of thiophene rings is 1. The van der Waals surface area contributed by atoms with Crippen molar-refractivity contribution in [3.63, 3.8) is 0 Å². The molecular formula is C11H8F2O3S. The Balaban J connectivity index is 2.81. The van der Waals surface area contributed by atoms with Gasteiger partial charge in [-0.2, -0.15) is 0 Å². The second kappa shape index (κ2) is 4.29. The third kappa shape index (κ3) is 1.74. The fourth-order valence-electron chi connectivity index (χ4n) is 1.69. The lowest BCUT2D eigenvalue weighted by molar-refractivity contribution is -0.0783. The zero-order valence-corrected chi connectivity index (χ0v) is 9.86. The molecular weight excluding hydrogens is 250 g/mol. The molecule has 0 saturated heterocycles. The maximum Gasteiger partial charge on any atom is 0.389 e. The molecule has 0 unspecified atom stereocenters. The molecule has 0 spiro atoms. The van der Waals surface area contributed by atoms with Crippen LogP contribution in [0.3, 0.4) is 0 Å². The first-order valence-corrected chi connectivity index (χ1v) is 5.50. The normalized spacial score (nSPS) is 10.6. The van der Waals surface area contributed by atoms with E-state index in [4.69, 9.17) is 4.74 Å². The summed E-state index contributed by atoms with van der Waals surface area (Å²) in [6, 6.07) is 2.70. The van der Waals surface area contributed by atoms with E-state index in [2.05, 4.69) is 4.94 Å². The van der Waals surface area contributed by atoms with E-state index in [1.165, 1.54) is 19.2 Å². The van der Waals surface area contributed by atoms with Crippen LogP contribution in [0.5, 0.6) is 5.75 Å². The lowest BCUT2D eigenvalue weighted by Gasteiger charge is -2.03. The fraction of sp³-hybridized carbons (Fsp3) is 0.182. The number of fused-ring (bicyclic) bond motifs is 1. The predicted octanol–water partition coefficient (Wildman–Crippen LogP) is 3.40. The van der Waals surface area contributed by atoms with Crippen molar-refractivity contribution in [1.82, 2.24) is 0 Å². The van der Waals surface area contributed by atoms with E-state index in [0.717, 1.165) is 11.3 Å². The second-order valence-corrected chi connectivity index (χ2v) is 4.40. The highest BCUT2D eigenvalue weighted by atomic mass is 32.1. The summed E-state index contributed by atoms with van der Waals surface area (Å²) in [5.74, 6) is -1.16. The molecule has 3 nitrogen and oxygen atoms in total. The lowest BCUT2D eigenvalue weighted by atomic mass is 10.1. The second-order valence-electron chi connectivity index (χ2n) is 3.37. The van der Waals surface area contributed by atoms with Crippen molar-refractivity contribution in [1.29, 1.82) is 0 Å². The molecule has 1 aromatic heterocycles. The molecule has 1 aromatic carbocycles. The van der Waals surface area contributed by atoms with Gasteiger partial charge < -0.3 is 4.74 Å². The summed E-state index contributed by atoms with van der Waals surface area (Å²) in [6.07, 6.45) is 0. The standard InChI is InChI=1S/C11H8F2O3S/c1-5-8-7(15-2)4-3-6(12)10(8)17-9(5)11(14)16-13/h3-4H,1-2H3. The monoisotopic (exact) mass is 258 g/mol. The Morgan fingerprint density at radius 2 is 2.12 bits per heavy atom. The Hall–Kier alpha value is -1.69. The summed E-state index contributed by atoms with van der Waals surface area (Å²) in [6.45, 7) is 1.59. The van der Waals surface area contributed by atoms with Crippen molar-refractivity contribution in [2.24, 2.45) is 0 Å². The van der Waals surface area contributed by atoms with Crippen LogP contribution in [0.4, 0.5) is 8.92 Å². The van der Waals surface area contributed by atoms with Gasteiger partial charge in [-0.25, -0.2) is 14.1 Å². The Labute approximate surface area is 99.5 Å². The minimum atomic E-state index is -1.12. The number of carbonyl (C=O) groups excluding carboxylic acids is 1. The maximum absolute atomic E-state index is 13.6. The first-order chi connectivity index (χ1) is 8.10. The molecule has 0 amide bonds. The van der Waals surface area contributed by atoms with Gasteiger partial charge in [-0.1, -0.05) is 0 Å². The zero-order chi connectivity index (χ0) is 12.6. The molecule has 0 bridgehead atoms. The third-order valence-corrected chi connectivity index (χ3v) is 3.75. The highest BCUT2D eigenvalue weighted by Crippen LogP contribution is 2.38. The molecule has 2 aromatic rings. The Bertz CT molecular complexity index is 592. The number of methoxy groups -OCH3 is 1. The molecule has 0 aliphatic rings. The van der Waals surface area contributed by atoms with Gasteiger partial charge in [0.1, 0.15) is 16.4 Å². The van der Waals surface area contributed by atoms with Crippen LogP contribution >= 0.6 is 11.3 Å². The largest absolute Gasteiger partial charge is 0.496 e. The van der Waals surface area contributed by atoms with Gasteiger partial charge in [0.2, 0.25) is 0 Å². The molecule has 0 saturated carbocycles. The average Bonchev–Trinajstić information content (AvgIpc) is 2.69. The molecule has 6 heteroatoms. The summed E-state index contributed by atoms with van der Waals surface area (Å²) in [7, 11) is 1.44. The Morgan fingerprint density at radius 1 is 1.41 bits per heavy atom. The molecule has 0 N–H and O–H groups in total. The molecule has 0 atom stereocenters. The number of benzene rings is 1. The van der Waals surface area contributed by atoms with E-state index in [1.54, 1.807) is 6.92 Å². The van der Waals surface area contributed by atoms with Crippen molar-refractivity contribution >= 4 is 27.4 Å². The number of rotatable bonds is 2. The average molecular weight is 258 g/mol. The highest BCUT2D eigenvalue weighted by Gasteiger charge is 2.21. The van der Waals surface area contributed by atoms with Crippen LogP contribution in [-0.2, 0) is 4.94 Å². The van der Waals surface area contributed by atoms with E-state index in [-0.39, 0.29) is 9.58 Å². The molecule has 2 rings (SSSR count). The van der Waals surface area contributed by atoms with Gasteiger partial charge in [-0.05, 0) is 24.6 Å². The first-order valence-electron chi connectivity index (χ1n) is 4.68. The predicted molar refractivity (Wildman–Crippen MR) is 59.6 cm³/mol. The summed E-state index contributed by atoms with van der Waals surface area (Å²) in [5, 5.41) is 0.470. The lowest BCUT2D eigenvalue weighted by Crippen LogP contribution is -1.97. The van der Waals surface area contributed by atoms with Crippen LogP contribution in [0.25, 0.3) is 10.1 Å². The fourth-order valence-corrected chi connectivity index (χ4v) is 2.78. The molecule has 1 heterocycles. The van der Waals surface area contributed by atoms with Gasteiger partial charge in [0, 0.05) is 9.91 Å². The van der Waals surface area contributed by atoms with E-state index < -0.39 is 11.8 Å². The summed E-state index contributed by atoms with van der Waals surface area (Å²) >= 11 is 0.843. The van der Waals surface area contributed by atoms with E-state index >= 15 is 0 Å². The van der Waals surface area contributed by atoms with Gasteiger partial charge in [-0.3, -0.25) is 0 Å². The first kappa shape index (κ1) is 11.8. The molecule has 0 aliphatic carbocycles. The number of carbonyl (C=O) groups is 1. The Morgan fingerprint density at radius 3 is 2.71 bits per heavy atom. The van der Waals surface area contributed by atoms with Crippen LogP contribution in [0, 0.1) is 12.7 Å². The molecule has 0 fully saturated rings. The van der Waals surface area contributed by atoms with E-state index in [1.807, 2.05) is 0 Å². The third-order valence-electron chi connectivity index (χ3n) is 2.47. The SMILES string of the molecule is COc1ccc(F)c2sc(C(=O)OF)c(C)c12. The van der Waals surface area contributed by atoms with Crippen LogP contribution < -0.4 is 4.74 Å². The maximum atomic E-state index is 13.6. The minimum Gasteiger partial charge on any atom is -0.496 e. The van der Waals surface area contributed by atoms with Crippen molar-refractivity contribution in [3.05, 3.63) is 28.4 Å². The quantitative estimate of drug-likeness (QED) is 0.828. The smallest absolute Gasteiger partial charge is 0.389 e. The number of aryl methyl sites for hydroxylation is 1. The topological polar surface area (TPSA) is 35.5 Å². The van der Waals surface area contributed by atoms with Crippen molar-refractivity contribution in [3.8, 4) is 5.75 Å². The number of hydrogen-bond donors (Lipinski definition) is 0. The van der Waals surface area contributed by atoms with E-state index in [9.17, 15) is 13.7 Å². The van der Waals surface area contributed by atoms with Crippen molar-refractivity contribution in [2.75, 3.05) is 7.11 Å². The highest BCUT2D eigenvalue weighted by molar-refractivity contribution is 7.21. The summed E-state index contributed by atoms with van der Waals surface area (Å²) < 4.78 is 30.8. The van der Waals surface area contributed by atoms with Gasteiger partial charge in [0.15, 0.2) is 0 Å². The van der Waals surface area contributed by atoms with Crippen LogP contribution in [0.15, 0.2) is 12.1 Å². The zero-order valence-electron chi connectivity index (χ0n) is 9.04. The molecule has 17 heavy (non-hydrogen) atoms. The number of hydrogen-bond acceptors (Lipinski definition) is 4. The minimum absolute atomic E-state index is 0.0332. The number of halogens is 2. The molecule has 90 valence electrons. The van der Waals surface area contributed by atoms with Crippen molar-refractivity contribution in [2.45, 2.75) is 6.92 Å². The number of ether oxygens (including phenoxy) is 1. The van der Waals surface area contributed by atoms with Gasteiger partial charge in [0.25, 0.3) is 0 Å². The van der Waals surface area contributed by atoms with Crippen LogP contribution in [0.2, 0.25) is 0 Å². The summed E-state index contributed by atoms with van der Waals surface area (Å²) in [4.78, 5) is 14.4. The van der Waals surface area contributed by atoms with Gasteiger partial charge in [-0.15, -0.1) is 11.3 Å². The molecule has 0 radical (unpaired) electrons. The van der Waals surface area contributed by atoms with E-state index in [0.29, 0.717) is 16.7 Å².